The molecule has 2 aromatic heterocycles. The first-order valence-electron chi connectivity index (χ1n) is 7.66. The maximum Gasteiger partial charge on any atom is 0.259 e. The maximum atomic E-state index is 12.5. The molecule has 0 saturated carbocycles. The highest BCUT2D eigenvalue weighted by atomic mass is 32.2. The molecule has 8 nitrogen and oxygen atoms in total. The molecule has 0 unspecified atom stereocenters. The number of amides is 1. The number of thiazole rings is 1. The monoisotopic (exact) mass is 391 g/mol. The van der Waals surface area contributed by atoms with E-state index in [4.69, 9.17) is 15.9 Å². The van der Waals surface area contributed by atoms with E-state index < -0.39 is 0 Å². The van der Waals surface area contributed by atoms with Gasteiger partial charge in [-0.15, -0.1) is 11.3 Å². The third-order valence-corrected chi connectivity index (χ3v) is 5.25. The number of rotatable bonds is 7. The number of anilines is 2. The maximum absolute atomic E-state index is 12.5. The molecule has 0 atom stereocenters. The molecule has 0 aliphatic carbocycles. The van der Waals surface area contributed by atoms with Crippen LogP contribution in [0.25, 0.3) is 0 Å². The lowest BCUT2D eigenvalue weighted by Crippen LogP contribution is -2.14. The van der Waals surface area contributed by atoms with Crippen molar-refractivity contribution in [3.8, 4) is 0 Å². The number of aliphatic hydroxyl groups is 2. The van der Waals surface area contributed by atoms with Crippen LogP contribution in [0.5, 0.6) is 0 Å². The van der Waals surface area contributed by atoms with Crippen molar-refractivity contribution in [3.63, 3.8) is 0 Å². The summed E-state index contributed by atoms with van der Waals surface area (Å²) < 4.78 is 1.83. The molecule has 3 aromatic rings. The summed E-state index contributed by atoms with van der Waals surface area (Å²) in [6.07, 6.45) is 3.44. The Kier molecular flexibility index (Phi) is 5.89. The van der Waals surface area contributed by atoms with E-state index in [1.165, 1.54) is 23.1 Å². The van der Waals surface area contributed by atoms with Crippen LogP contribution in [0.4, 0.5) is 10.8 Å². The third-order valence-electron chi connectivity index (χ3n) is 3.43. The molecule has 3 rings (SSSR count). The number of nitrogen functional groups attached to an aromatic ring is 1. The Bertz CT molecular complexity index is 909. The minimum absolute atomic E-state index is 0.0168. The van der Waals surface area contributed by atoms with Gasteiger partial charge in [-0.1, -0.05) is 11.8 Å². The molecule has 1 aromatic carbocycles. The fraction of sp³-hybridized carbons (Fsp3) is 0.188. The predicted octanol–water partition coefficient (Wildman–Crippen LogP) is 1.81. The highest BCUT2D eigenvalue weighted by molar-refractivity contribution is 7.99. The molecule has 26 heavy (non-hydrogen) atoms. The number of imidazole rings is 1. The lowest BCUT2D eigenvalue weighted by Gasteiger charge is -2.09. The Morgan fingerprint density at radius 2 is 2.23 bits per heavy atom. The Morgan fingerprint density at radius 3 is 2.96 bits per heavy atom. The van der Waals surface area contributed by atoms with Gasteiger partial charge in [0.2, 0.25) is 0 Å². The fourth-order valence-electron chi connectivity index (χ4n) is 2.18. The van der Waals surface area contributed by atoms with Gasteiger partial charge in [-0.05, 0) is 18.2 Å². The molecular weight excluding hydrogens is 374 g/mol. The van der Waals surface area contributed by atoms with Gasteiger partial charge in [0.25, 0.3) is 5.91 Å². The summed E-state index contributed by atoms with van der Waals surface area (Å²) in [5.74, 6) is -0.373. The molecule has 136 valence electrons. The number of nitrogens with two attached hydrogens (primary N) is 1. The Labute approximate surface area is 157 Å². The van der Waals surface area contributed by atoms with E-state index in [1.54, 1.807) is 29.9 Å². The van der Waals surface area contributed by atoms with E-state index in [2.05, 4.69) is 15.3 Å². The van der Waals surface area contributed by atoms with E-state index in [0.29, 0.717) is 33.8 Å². The van der Waals surface area contributed by atoms with Crippen LogP contribution in [0.1, 0.15) is 16.1 Å². The summed E-state index contributed by atoms with van der Waals surface area (Å²) in [4.78, 5) is 21.7. The van der Waals surface area contributed by atoms with Crippen LogP contribution in [0.15, 0.2) is 46.0 Å². The second kappa shape index (κ2) is 8.32. The van der Waals surface area contributed by atoms with Gasteiger partial charge >= 0.3 is 0 Å². The van der Waals surface area contributed by atoms with E-state index in [9.17, 15) is 4.79 Å². The molecule has 5 N–H and O–H groups in total. The highest BCUT2D eigenvalue weighted by Gasteiger charge is 2.14. The Morgan fingerprint density at radius 1 is 1.38 bits per heavy atom. The summed E-state index contributed by atoms with van der Waals surface area (Å²) in [7, 11) is 0. The normalized spacial score (nSPS) is 10.8. The number of aromatic nitrogens is 3. The second-order valence-electron chi connectivity index (χ2n) is 5.23. The molecular formula is C16H17N5O3S2. The van der Waals surface area contributed by atoms with Gasteiger partial charge in [-0.3, -0.25) is 10.1 Å². The largest absolute Gasteiger partial charge is 0.398 e. The number of benzene rings is 1. The highest BCUT2D eigenvalue weighted by Crippen LogP contribution is 2.29. The van der Waals surface area contributed by atoms with Crippen molar-refractivity contribution in [2.45, 2.75) is 23.2 Å². The van der Waals surface area contributed by atoms with Crippen LogP contribution in [-0.2, 0) is 13.2 Å². The molecule has 0 aliphatic heterocycles. The first-order chi connectivity index (χ1) is 12.6. The van der Waals surface area contributed by atoms with Crippen LogP contribution in [-0.4, -0.2) is 37.3 Å². The van der Waals surface area contributed by atoms with Gasteiger partial charge < -0.3 is 20.5 Å². The summed E-state index contributed by atoms with van der Waals surface area (Å²) in [6, 6.07) is 5.16. The predicted molar refractivity (Wildman–Crippen MR) is 100 cm³/mol. The minimum atomic E-state index is -0.373. The van der Waals surface area contributed by atoms with Crippen molar-refractivity contribution in [2.75, 3.05) is 17.7 Å². The summed E-state index contributed by atoms with van der Waals surface area (Å²) in [5.41, 5.74) is 7.12. The molecule has 0 spiro atoms. The average Bonchev–Trinajstić information content (AvgIpc) is 3.26. The number of nitrogens with one attached hydrogen (secondary N) is 1. The van der Waals surface area contributed by atoms with Crippen molar-refractivity contribution >= 4 is 39.8 Å². The second-order valence-corrected chi connectivity index (χ2v) is 7.13. The molecule has 0 saturated heterocycles. The number of carbonyl (C=O) groups excluding carboxylic acids is 1. The number of carbonyl (C=O) groups is 1. The summed E-state index contributed by atoms with van der Waals surface area (Å²) in [5, 5.41) is 23.6. The third kappa shape index (κ3) is 4.22. The molecule has 10 heteroatoms. The Hall–Kier alpha value is -2.40. The van der Waals surface area contributed by atoms with Gasteiger partial charge in [0.05, 0.1) is 24.5 Å². The fourth-order valence-corrected chi connectivity index (χ4v) is 3.78. The van der Waals surface area contributed by atoms with Crippen molar-refractivity contribution < 1.29 is 15.0 Å². The van der Waals surface area contributed by atoms with Gasteiger partial charge in [0.15, 0.2) is 10.3 Å². The zero-order valence-electron chi connectivity index (χ0n) is 13.6. The molecule has 0 bridgehead atoms. The molecule has 0 fully saturated rings. The van der Waals surface area contributed by atoms with Crippen LogP contribution in [0, 0.1) is 0 Å². The minimum Gasteiger partial charge on any atom is -0.398 e. The Balaban J connectivity index is 1.78. The first-order valence-corrected chi connectivity index (χ1v) is 9.36. The number of nitrogens with zero attached hydrogens (tertiary/aromatic N) is 3. The van der Waals surface area contributed by atoms with Gasteiger partial charge in [-0.2, -0.15) is 0 Å². The zero-order valence-corrected chi connectivity index (χ0v) is 15.3. The SMILES string of the molecule is Nc1ccc(Sc2nccn2CCO)cc1C(=O)Nc1nc(CO)cs1. The molecule has 0 aliphatic rings. The quantitative estimate of drug-likeness (QED) is 0.452. The van der Waals surface area contributed by atoms with Crippen molar-refractivity contribution in [3.05, 3.63) is 47.2 Å². The lowest BCUT2D eigenvalue weighted by atomic mass is 10.1. The van der Waals surface area contributed by atoms with Crippen molar-refractivity contribution in [1.29, 1.82) is 0 Å². The van der Waals surface area contributed by atoms with Crippen LogP contribution in [0.3, 0.4) is 0 Å². The van der Waals surface area contributed by atoms with Gasteiger partial charge in [0.1, 0.15) is 0 Å². The van der Waals surface area contributed by atoms with Gasteiger partial charge in [0, 0.05) is 34.9 Å². The van der Waals surface area contributed by atoms with Crippen molar-refractivity contribution in [2.24, 2.45) is 0 Å². The number of hydrogen-bond donors (Lipinski definition) is 4. The van der Waals surface area contributed by atoms with Crippen molar-refractivity contribution in [1.82, 2.24) is 14.5 Å². The summed E-state index contributed by atoms with van der Waals surface area (Å²) in [6.45, 7) is 0.284. The van der Waals surface area contributed by atoms with Crippen LogP contribution < -0.4 is 11.1 Å². The van der Waals surface area contributed by atoms with E-state index in [1.807, 2.05) is 10.6 Å². The zero-order chi connectivity index (χ0) is 18.5. The standard InChI is InChI=1S/C16H17N5O3S2/c17-13-2-1-11(26-16-18-3-4-21(16)5-6-22)7-12(13)14(24)20-15-19-10(8-23)9-25-15/h1-4,7,9,22-23H,5-6,8,17H2,(H,19,20,24). The molecule has 0 radical (unpaired) electrons. The number of hydrogen-bond acceptors (Lipinski definition) is 8. The van der Waals surface area contributed by atoms with E-state index >= 15 is 0 Å². The van der Waals surface area contributed by atoms with E-state index in [-0.39, 0.29) is 19.1 Å². The van der Waals surface area contributed by atoms with Crippen LogP contribution in [0.2, 0.25) is 0 Å². The van der Waals surface area contributed by atoms with Crippen LogP contribution >= 0.6 is 23.1 Å². The lowest BCUT2D eigenvalue weighted by molar-refractivity contribution is 0.102. The topological polar surface area (TPSA) is 126 Å². The van der Waals surface area contributed by atoms with E-state index in [0.717, 1.165) is 4.90 Å². The van der Waals surface area contributed by atoms with Gasteiger partial charge in [-0.25, -0.2) is 9.97 Å². The molecule has 1 amide bonds. The molecule has 2 heterocycles. The average molecular weight is 391 g/mol. The summed E-state index contributed by atoms with van der Waals surface area (Å²) >= 11 is 2.61. The smallest absolute Gasteiger partial charge is 0.259 e. The number of aliphatic hydroxyl groups excluding tert-OH is 2. The first kappa shape index (κ1) is 18.4.